The van der Waals surface area contributed by atoms with E-state index in [1.807, 2.05) is 0 Å². The van der Waals surface area contributed by atoms with E-state index in [0.717, 1.165) is 0 Å². The third-order valence-electron chi connectivity index (χ3n) is 4.18. The summed E-state index contributed by atoms with van der Waals surface area (Å²) in [6.45, 7) is -0.284. The molecule has 10 heteroatoms. The van der Waals surface area contributed by atoms with Gasteiger partial charge in [0.15, 0.2) is 0 Å². The predicted molar refractivity (Wildman–Crippen MR) is 127 cm³/mol. The van der Waals surface area contributed by atoms with Gasteiger partial charge in [-0.1, -0.05) is 46.9 Å². The highest BCUT2D eigenvalue weighted by Crippen LogP contribution is 2.22. The van der Waals surface area contributed by atoms with Crippen molar-refractivity contribution in [3.8, 4) is 5.75 Å². The maximum Gasteiger partial charge on any atom is 0.345 e. The zero-order chi connectivity index (χ0) is 23.8. The summed E-state index contributed by atoms with van der Waals surface area (Å²) < 4.78 is 5.29. The first-order chi connectivity index (χ1) is 15.8. The molecule has 2 amide bonds. The Morgan fingerprint density at radius 3 is 2.30 bits per heavy atom. The van der Waals surface area contributed by atoms with Crippen molar-refractivity contribution >= 4 is 58.8 Å². The molecule has 0 aromatic heterocycles. The van der Waals surface area contributed by atoms with Gasteiger partial charge in [0.05, 0.1) is 33.4 Å². The standard InChI is InChI=1S/C23H16Cl3N3O4/c24-18-4-2-1-3-17(18)23(32)33-16-8-5-14(6-9-16)12-28-29-21(30)13-27-22(31)15-7-10-19(25)20(26)11-15/h1-12H,13H2,(H,27,31)(H,29,30)/b28-12+. The first kappa shape index (κ1) is 24.3. The van der Waals surface area contributed by atoms with Gasteiger partial charge in [-0.2, -0.15) is 5.10 Å². The molecule has 2 N–H and O–H groups in total. The number of hydrogen-bond donors (Lipinski definition) is 2. The summed E-state index contributed by atoms with van der Waals surface area (Å²) in [6, 6.07) is 17.4. The number of halogens is 3. The van der Waals surface area contributed by atoms with Crippen molar-refractivity contribution in [3.05, 3.63) is 98.5 Å². The fraction of sp³-hybridized carbons (Fsp3) is 0.0435. The molecule has 0 radical (unpaired) electrons. The second-order valence-corrected chi connectivity index (χ2v) is 7.76. The lowest BCUT2D eigenvalue weighted by molar-refractivity contribution is -0.120. The van der Waals surface area contributed by atoms with Crippen LogP contribution in [0.25, 0.3) is 0 Å². The van der Waals surface area contributed by atoms with E-state index in [9.17, 15) is 14.4 Å². The molecule has 3 aromatic rings. The van der Waals surface area contributed by atoms with E-state index in [2.05, 4.69) is 15.8 Å². The molecule has 0 saturated carbocycles. The number of carbonyl (C=O) groups is 3. The molecule has 3 aromatic carbocycles. The lowest BCUT2D eigenvalue weighted by Gasteiger charge is -2.06. The molecule has 0 atom stereocenters. The van der Waals surface area contributed by atoms with E-state index in [1.165, 1.54) is 24.4 Å². The lowest BCUT2D eigenvalue weighted by Crippen LogP contribution is -2.34. The smallest absolute Gasteiger partial charge is 0.345 e. The Morgan fingerprint density at radius 2 is 1.61 bits per heavy atom. The zero-order valence-electron chi connectivity index (χ0n) is 16.8. The summed E-state index contributed by atoms with van der Waals surface area (Å²) in [6.07, 6.45) is 1.40. The largest absolute Gasteiger partial charge is 0.423 e. The average Bonchev–Trinajstić information content (AvgIpc) is 2.80. The van der Waals surface area contributed by atoms with Gasteiger partial charge in [-0.25, -0.2) is 10.2 Å². The fourth-order valence-electron chi connectivity index (χ4n) is 2.53. The third-order valence-corrected chi connectivity index (χ3v) is 5.25. The van der Waals surface area contributed by atoms with Gasteiger partial charge in [0.1, 0.15) is 5.75 Å². The van der Waals surface area contributed by atoms with E-state index < -0.39 is 17.8 Å². The number of rotatable bonds is 7. The zero-order valence-corrected chi connectivity index (χ0v) is 19.1. The molecule has 0 fully saturated rings. The van der Waals surface area contributed by atoms with Crippen LogP contribution >= 0.6 is 34.8 Å². The first-order valence-electron chi connectivity index (χ1n) is 9.45. The van der Waals surface area contributed by atoms with Crippen LogP contribution < -0.4 is 15.5 Å². The number of carbonyl (C=O) groups excluding carboxylic acids is 3. The van der Waals surface area contributed by atoms with Crippen LogP contribution in [-0.2, 0) is 4.79 Å². The average molecular weight is 505 g/mol. The molecule has 0 aliphatic rings. The minimum Gasteiger partial charge on any atom is -0.423 e. The van der Waals surface area contributed by atoms with Crippen molar-refractivity contribution in [2.45, 2.75) is 0 Å². The molecule has 3 rings (SSSR count). The van der Waals surface area contributed by atoms with Crippen molar-refractivity contribution in [3.63, 3.8) is 0 Å². The first-order valence-corrected chi connectivity index (χ1v) is 10.6. The molecular formula is C23H16Cl3N3O4. The number of nitrogens with one attached hydrogen (secondary N) is 2. The summed E-state index contributed by atoms with van der Waals surface area (Å²) in [4.78, 5) is 36.1. The van der Waals surface area contributed by atoms with E-state index in [1.54, 1.807) is 48.5 Å². The Kier molecular flexibility index (Phi) is 8.43. The molecule has 168 valence electrons. The molecule has 7 nitrogen and oxygen atoms in total. The van der Waals surface area contributed by atoms with Crippen LogP contribution in [0.1, 0.15) is 26.3 Å². The number of esters is 1. The number of ether oxygens (including phenoxy) is 1. The van der Waals surface area contributed by atoms with Crippen molar-refractivity contribution in [1.29, 1.82) is 0 Å². The van der Waals surface area contributed by atoms with Gasteiger partial charge in [-0.3, -0.25) is 9.59 Å². The maximum absolute atomic E-state index is 12.2. The maximum atomic E-state index is 12.2. The normalized spacial score (nSPS) is 10.6. The molecule has 33 heavy (non-hydrogen) atoms. The van der Waals surface area contributed by atoms with Crippen molar-refractivity contribution in [1.82, 2.24) is 10.7 Å². The fourth-order valence-corrected chi connectivity index (χ4v) is 3.04. The Hall–Kier alpha value is -3.39. The minimum atomic E-state index is -0.572. The summed E-state index contributed by atoms with van der Waals surface area (Å²) in [5.74, 6) is -1.25. The highest BCUT2D eigenvalue weighted by Gasteiger charge is 2.12. The van der Waals surface area contributed by atoms with E-state index in [-0.39, 0.29) is 22.7 Å². The molecule has 0 spiro atoms. The topological polar surface area (TPSA) is 96.9 Å². The second-order valence-electron chi connectivity index (χ2n) is 6.54. The van der Waals surface area contributed by atoms with E-state index in [4.69, 9.17) is 39.5 Å². The molecule has 0 unspecified atom stereocenters. The predicted octanol–water partition coefficient (Wildman–Crippen LogP) is 4.75. The Bertz CT molecular complexity index is 1210. The van der Waals surface area contributed by atoms with Gasteiger partial charge in [0.25, 0.3) is 11.8 Å². The monoisotopic (exact) mass is 503 g/mol. The van der Waals surface area contributed by atoms with Crippen LogP contribution in [-0.4, -0.2) is 30.5 Å². The van der Waals surface area contributed by atoms with Crippen LogP contribution in [0, 0.1) is 0 Å². The number of benzene rings is 3. The number of hydrazone groups is 1. The summed E-state index contributed by atoms with van der Waals surface area (Å²) in [5, 5.41) is 7.15. The lowest BCUT2D eigenvalue weighted by atomic mass is 10.2. The van der Waals surface area contributed by atoms with Crippen LogP contribution in [0.2, 0.25) is 15.1 Å². The van der Waals surface area contributed by atoms with Crippen LogP contribution in [0.5, 0.6) is 5.75 Å². The van der Waals surface area contributed by atoms with Gasteiger partial charge >= 0.3 is 5.97 Å². The molecule has 0 aliphatic carbocycles. The summed E-state index contributed by atoms with van der Waals surface area (Å²) >= 11 is 17.7. The number of hydrogen-bond acceptors (Lipinski definition) is 5. The number of nitrogens with zero attached hydrogens (tertiary/aromatic N) is 1. The number of amides is 2. The van der Waals surface area contributed by atoms with Gasteiger partial charge < -0.3 is 10.1 Å². The molecule has 0 heterocycles. The van der Waals surface area contributed by atoms with E-state index >= 15 is 0 Å². The van der Waals surface area contributed by atoms with Gasteiger partial charge in [0.2, 0.25) is 0 Å². The molecular weight excluding hydrogens is 489 g/mol. The quantitative estimate of drug-likeness (QED) is 0.210. The molecule has 0 aliphatic heterocycles. The van der Waals surface area contributed by atoms with Crippen LogP contribution in [0.4, 0.5) is 0 Å². The van der Waals surface area contributed by atoms with Crippen LogP contribution in [0.3, 0.4) is 0 Å². The minimum absolute atomic E-state index is 0.239. The van der Waals surface area contributed by atoms with Crippen molar-refractivity contribution in [2.75, 3.05) is 6.54 Å². The van der Waals surface area contributed by atoms with E-state index in [0.29, 0.717) is 21.4 Å². The Balaban J connectivity index is 1.46. The van der Waals surface area contributed by atoms with Gasteiger partial charge in [-0.05, 0) is 60.2 Å². The van der Waals surface area contributed by atoms with Crippen molar-refractivity contribution in [2.24, 2.45) is 5.10 Å². The summed E-state index contributed by atoms with van der Waals surface area (Å²) in [7, 11) is 0. The Morgan fingerprint density at radius 1 is 0.879 bits per heavy atom. The molecule has 0 saturated heterocycles. The molecule has 0 bridgehead atoms. The second kappa shape index (κ2) is 11.5. The third kappa shape index (κ3) is 7.05. The highest BCUT2D eigenvalue weighted by atomic mass is 35.5. The van der Waals surface area contributed by atoms with Crippen LogP contribution in [0.15, 0.2) is 71.8 Å². The van der Waals surface area contributed by atoms with Crippen molar-refractivity contribution < 1.29 is 19.1 Å². The highest BCUT2D eigenvalue weighted by molar-refractivity contribution is 6.42. The summed E-state index contributed by atoms with van der Waals surface area (Å²) in [5.41, 5.74) is 3.48. The SMILES string of the molecule is O=C(CNC(=O)c1ccc(Cl)c(Cl)c1)N/N=C/c1ccc(OC(=O)c2ccccc2Cl)cc1. The van der Waals surface area contributed by atoms with Gasteiger partial charge in [0, 0.05) is 5.56 Å². The Labute approximate surface area is 204 Å². The van der Waals surface area contributed by atoms with Gasteiger partial charge in [-0.15, -0.1) is 0 Å².